The standard InChI is InChI=1S/C25H22FNO3S/c1-2-27-14-13-16-7-10-18(11-8-16)30-24-20-12-9-17(28)15-22(20)31-25(24)23(29)19-5-3-4-6-21(19)26/h3-12,15,27-28H,2,13-14H2,1H3. The van der Waals surface area contributed by atoms with Crippen molar-refractivity contribution in [2.24, 2.45) is 0 Å². The van der Waals surface area contributed by atoms with Crippen LogP contribution in [0.5, 0.6) is 17.2 Å². The number of benzene rings is 3. The Morgan fingerprint density at radius 1 is 1.10 bits per heavy atom. The molecule has 0 radical (unpaired) electrons. The van der Waals surface area contributed by atoms with Crippen molar-refractivity contribution in [2.75, 3.05) is 13.1 Å². The number of aromatic hydroxyl groups is 1. The van der Waals surface area contributed by atoms with E-state index in [0.717, 1.165) is 19.5 Å². The summed E-state index contributed by atoms with van der Waals surface area (Å²) in [5.74, 6) is 0.0197. The van der Waals surface area contributed by atoms with E-state index in [1.54, 1.807) is 30.3 Å². The molecule has 0 unspecified atom stereocenters. The second-order valence-corrected chi connectivity index (χ2v) is 8.15. The summed E-state index contributed by atoms with van der Waals surface area (Å²) in [6.07, 6.45) is 0.909. The number of carbonyl (C=O) groups is 1. The van der Waals surface area contributed by atoms with Gasteiger partial charge in [-0.15, -0.1) is 11.3 Å². The van der Waals surface area contributed by atoms with Crippen LogP contribution in [-0.2, 0) is 6.42 Å². The van der Waals surface area contributed by atoms with E-state index in [1.165, 1.54) is 29.0 Å². The normalized spacial score (nSPS) is 11.0. The molecule has 6 heteroatoms. The summed E-state index contributed by atoms with van der Waals surface area (Å²) in [5, 5.41) is 13.8. The van der Waals surface area contributed by atoms with Crippen LogP contribution in [0, 0.1) is 5.82 Å². The first-order valence-corrected chi connectivity index (χ1v) is 10.9. The predicted octanol–water partition coefficient (Wildman–Crippen LogP) is 5.92. The molecule has 158 valence electrons. The van der Waals surface area contributed by atoms with Gasteiger partial charge in [0.25, 0.3) is 0 Å². The van der Waals surface area contributed by atoms with Crippen molar-refractivity contribution in [3.63, 3.8) is 0 Å². The molecular weight excluding hydrogens is 413 g/mol. The van der Waals surface area contributed by atoms with E-state index in [4.69, 9.17) is 4.74 Å². The molecule has 1 aromatic heterocycles. The number of halogens is 1. The maximum atomic E-state index is 14.3. The Bertz CT molecular complexity index is 1220. The van der Waals surface area contributed by atoms with Gasteiger partial charge in [0.2, 0.25) is 5.78 Å². The van der Waals surface area contributed by atoms with Gasteiger partial charge in [0.15, 0.2) is 5.75 Å². The van der Waals surface area contributed by atoms with Crippen LogP contribution in [-0.4, -0.2) is 24.0 Å². The third kappa shape index (κ3) is 4.60. The fourth-order valence-electron chi connectivity index (χ4n) is 3.33. The van der Waals surface area contributed by atoms with Gasteiger partial charge in [-0.05, 0) is 67.5 Å². The number of ether oxygens (including phenoxy) is 1. The number of thiophene rings is 1. The Labute approximate surface area is 183 Å². The molecule has 1 heterocycles. The average Bonchev–Trinajstić information content (AvgIpc) is 3.12. The molecule has 0 amide bonds. The highest BCUT2D eigenvalue weighted by Crippen LogP contribution is 2.42. The second kappa shape index (κ2) is 9.29. The van der Waals surface area contributed by atoms with Crippen LogP contribution < -0.4 is 10.1 Å². The zero-order valence-electron chi connectivity index (χ0n) is 17.0. The second-order valence-electron chi connectivity index (χ2n) is 7.10. The Balaban J connectivity index is 1.70. The van der Waals surface area contributed by atoms with Crippen molar-refractivity contribution < 1.29 is 19.0 Å². The van der Waals surface area contributed by atoms with E-state index in [2.05, 4.69) is 12.2 Å². The zero-order chi connectivity index (χ0) is 21.8. The smallest absolute Gasteiger partial charge is 0.209 e. The first-order valence-electron chi connectivity index (χ1n) is 10.1. The van der Waals surface area contributed by atoms with Crippen LogP contribution in [0.4, 0.5) is 4.39 Å². The number of likely N-dealkylation sites (N-methyl/N-ethyl adjacent to an activating group) is 1. The minimum atomic E-state index is -0.580. The number of carbonyl (C=O) groups excluding carboxylic acids is 1. The molecule has 0 fully saturated rings. The maximum Gasteiger partial charge on any atom is 0.209 e. The minimum absolute atomic E-state index is 0.0121. The molecule has 4 nitrogen and oxygen atoms in total. The largest absolute Gasteiger partial charge is 0.508 e. The molecule has 4 aromatic rings. The molecule has 0 bridgehead atoms. The first-order chi connectivity index (χ1) is 15.1. The molecule has 4 rings (SSSR count). The van der Waals surface area contributed by atoms with Crippen LogP contribution >= 0.6 is 11.3 Å². The summed E-state index contributed by atoms with van der Waals surface area (Å²) in [5.41, 5.74) is 1.16. The number of nitrogens with one attached hydrogen (secondary N) is 1. The Morgan fingerprint density at radius 3 is 2.61 bits per heavy atom. The van der Waals surface area contributed by atoms with Crippen LogP contribution in [0.25, 0.3) is 10.1 Å². The van der Waals surface area contributed by atoms with Crippen LogP contribution in [0.3, 0.4) is 0 Å². The van der Waals surface area contributed by atoms with E-state index in [1.807, 2.05) is 24.3 Å². The number of phenols is 1. The summed E-state index contributed by atoms with van der Waals surface area (Å²) in [6.45, 7) is 3.90. The van der Waals surface area contributed by atoms with Gasteiger partial charge in [-0.2, -0.15) is 0 Å². The van der Waals surface area contributed by atoms with Gasteiger partial charge in [0, 0.05) is 10.1 Å². The summed E-state index contributed by atoms with van der Waals surface area (Å²) in [6, 6.07) is 18.4. The van der Waals surface area contributed by atoms with Crippen molar-refractivity contribution in [3.8, 4) is 17.2 Å². The third-order valence-corrected chi connectivity index (χ3v) is 6.07. The molecule has 0 saturated heterocycles. The topological polar surface area (TPSA) is 58.6 Å². The lowest BCUT2D eigenvalue weighted by molar-refractivity contribution is 0.103. The lowest BCUT2D eigenvalue weighted by Gasteiger charge is -2.09. The van der Waals surface area contributed by atoms with E-state index in [0.29, 0.717) is 26.5 Å². The van der Waals surface area contributed by atoms with Crippen molar-refractivity contribution in [3.05, 3.63) is 88.6 Å². The van der Waals surface area contributed by atoms with Gasteiger partial charge < -0.3 is 15.2 Å². The quantitative estimate of drug-likeness (QED) is 0.266. The van der Waals surface area contributed by atoms with E-state index in [-0.39, 0.29) is 11.3 Å². The molecule has 0 aliphatic rings. The molecule has 0 atom stereocenters. The number of phenolic OH excluding ortho intramolecular Hbond substituents is 1. The van der Waals surface area contributed by atoms with Gasteiger partial charge in [0.05, 0.1) is 5.56 Å². The minimum Gasteiger partial charge on any atom is -0.508 e. The maximum absolute atomic E-state index is 14.3. The lowest BCUT2D eigenvalue weighted by Crippen LogP contribution is -2.15. The van der Waals surface area contributed by atoms with Crippen LogP contribution in [0.1, 0.15) is 27.7 Å². The van der Waals surface area contributed by atoms with Crippen LogP contribution in [0.2, 0.25) is 0 Å². The SMILES string of the molecule is CCNCCc1ccc(Oc2c(C(=O)c3ccccc3F)sc3cc(O)ccc23)cc1. The number of hydrogen-bond donors (Lipinski definition) is 2. The van der Waals surface area contributed by atoms with Gasteiger partial charge >= 0.3 is 0 Å². The molecule has 0 aliphatic carbocycles. The molecule has 0 aliphatic heterocycles. The fourth-order valence-corrected chi connectivity index (χ4v) is 4.45. The molecular formula is C25H22FNO3S. The Hall–Kier alpha value is -3.22. The Morgan fingerprint density at radius 2 is 1.87 bits per heavy atom. The average molecular weight is 436 g/mol. The number of fused-ring (bicyclic) bond motifs is 1. The van der Waals surface area contributed by atoms with Gasteiger partial charge in [-0.25, -0.2) is 4.39 Å². The molecule has 31 heavy (non-hydrogen) atoms. The van der Waals surface area contributed by atoms with E-state index in [9.17, 15) is 14.3 Å². The highest BCUT2D eigenvalue weighted by molar-refractivity contribution is 7.21. The molecule has 3 aromatic carbocycles. The number of ketones is 1. The summed E-state index contributed by atoms with van der Waals surface area (Å²) >= 11 is 1.18. The van der Waals surface area contributed by atoms with Crippen molar-refractivity contribution >= 4 is 27.2 Å². The van der Waals surface area contributed by atoms with Crippen molar-refractivity contribution in [1.29, 1.82) is 0 Å². The third-order valence-electron chi connectivity index (χ3n) is 4.94. The highest BCUT2D eigenvalue weighted by Gasteiger charge is 2.24. The number of hydrogen-bond acceptors (Lipinski definition) is 5. The predicted molar refractivity (Wildman–Crippen MR) is 122 cm³/mol. The highest BCUT2D eigenvalue weighted by atomic mass is 32.1. The van der Waals surface area contributed by atoms with Gasteiger partial charge in [0.1, 0.15) is 22.2 Å². The Kier molecular flexibility index (Phi) is 6.30. The summed E-state index contributed by atoms with van der Waals surface area (Å²) in [4.78, 5) is 13.4. The fraction of sp³-hybridized carbons (Fsp3) is 0.160. The molecule has 0 saturated carbocycles. The number of rotatable bonds is 8. The van der Waals surface area contributed by atoms with Crippen molar-refractivity contribution in [1.82, 2.24) is 5.32 Å². The molecule has 2 N–H and O–H groups in total. The zero-order valence-corrected chi connectivity index (χ0v) is 17.8. The molecule has 0 spiro atoms. The summed E-state index contributed by atoms with van der Waals surface area (Å²) < 4.78 is 21.1. The summed E-state index contributed by atoms with van der Waals surface area (Å²) in [7, 11) is 0. The van der Waals surface area contributed by atoms with Crippen LogP contribution in [0.15, 0.2) is 66.7 Å². The van der Waals surface area contributed by atoms with Gasteiger partial charge in [-0.3, -0.25) is 4.79 Å². The van der Waals surface area contributed by atoms with Crippen molar-refractivity contribution in [2.45, 2.75) is 13.3 Å². The first kappa shape index (κ1) is 21.0. The lowest BCUT2D eigenvalue weighted by atomic mass is 10.1. The monoisotopic (exact) mass is 435 g/mol. The van der Waals surface area contributed by atoms with E-state index < -0.39 is 11.6 Å². The van der Waals surface area contributed by atoms with E-state index >= 15 is 0 Å². The van der Waals surface area contributed by atoms with Gasteiger partial charge in [-0.1, -0.05) is 31.2 Å².